The molecule has 0 radical (unpaired) electrons. The zero-order valence-corrected chi connectivity index (χ0v) is 12.7. The third kappa shape index (κ3) is 2.34. The number of benzene rings is 1. The fourth-order valence-corrected chi connectivity index (χ4v) is 6.00. The largest absolute Gasteiger partial charge is 0.243 e. The number of nitrogens with zero attached hydrogens (tertiary/aromatic N) is 1. The number of piperidine rings is 1. The standard InChI is InChI=1S/C13H15BrFNO2S/c14-9-6-11-4-5-12(7-9)16(11)19(17,18)13-3-1-2-10(15)8-13/h1-3,8-9,11-12H,4-7H2. The first-order valence-electron chi connectivity index (χ1n) is 6.41. The highest BCUT2D eigenvalue weighted by Gasteiger charge is 2.46. The van der Waals surface area contributed by atoms with E-state index in [0.717, 1.165) is 31.7 Å². The summed E-state index contributed by atoms with van der Waals surface area (Å²) < 4.78 is 40.2. The number of rotatable bonds is 2. The van der Waals surface area contributed by atoms with Gasteiger partial charge in [0.05, 0.1) is 4.90 Å². The molecule has 6 heteroatoms. The Kier molecular flexibility index (Phi) is 3.43. The second kappa shape index (κ2) is 4.82. The van der Waals surface area contributed by atoms with Crippen LogP contribution < -0.4 is 0 Å². The number of fused-ring (bicyclic) bond motifs is 2. The van der Waals surface area contributed by atoms with Crippen LogP contribution in [0.1, 0.15) is 25.7 Å². The predicted molar refractivity (Wildman–Crippen MR) is 74.2 cm³/mol. The average molecular weight is 348 g/mol. The molecule has 3 rings (SSSR count). The highest BCUT2D eigenvalue weighted by Crippen LogP contribution is 2.41. The van der Waals surface area contributed by atoms with Crippen molar-refractivity contribution < 1.29 is 12.8 Å². The smallest absolute Gasteiger partial charge is 0.207 e. The summed E-state index contributed by atoms with van der Waals surface area (Å²) in [7, 11) is -3.57. The Balaban J connectivity index is 1.98. The number of halogens is 2. The Bertz CT molecular complexity index is 578. The predicted octanol–water partition coefficient (Wildman–Crippen LogP) is 2.90. The van der Waals surface area contributed by atoms with E-state index in [9.17, 15) is 12.8 Å². The molecule has 0 saturated carbocycles. The fraction of sp³-hybridized carbons (Fsp3) is 0.538. The van der Waals surface area contributed by atoms with Crippen LogP contribution in [0.2, 0.25) is 0 Å². The van der Waals surface area contributed by atoms with Crippen molar-refractivity contribution >= 4 is 26.0 Å². The normalized spacial score (nSPS) is 31.6. The van der Waals surface area contributed by atoms with Crippen molar-refractivity contribution in [2.75, 3.05) is 0 Å². The Morgan fingerprint density at radius 2 is 1.84 bits per heavy atom. The molecule has 0 N–H and O–H groups in total. The summed E-state index contributed by atoms with van der Waals surface area (Å²) in [5.74, 6) is -0.510. The van der Waals surface area contributed by atoms with Gasteiger partial charge in [-0.05, 0) is 43.9 Å². The van der Waals surface area contributed by atoms with Crippen molar-refractivity contribution in [2.24, 2.45) is 0 Å². The molecule has 2 unspecified atom stereocenters. The van der Waals surface area contributed by atoms with Gasteiger partial charge in [0.25, 0.3) is 0 Å². The molecule has 2 bridgehead atoms. The summed E-state index contributed by atoms with van der Waals surface area (Å²) in [4.78, 5) is 0.460. The van der Waals surface area contributed by atoms with Crippen LogP contribution in [-0.2, 0) is 10.0 Å². The van der Waals surface area contributed by atoms with E-state index in [2.05, 4.69) is 15.9 Å². The van der Waals surface area contributed by atoms with Crippen LogP contribution in [-0.4, -0.2) is 29.6 Å². The second-order valence-electron chi connectivity index (χ2n) is 5.25. The van der Waals surface area contributed by atoms with Gasteiger partial charge in [-0.2, -0.15) is 4.31 Å². The van der Waals surface area contributed by atoms with Crippen molar-refractivity contribution in [2.45, 2.75) is 47.5 Å². The minimum atomic E-state index is -3.57. The molecule has 2 aliphatic rings. The molecule has 2 atom stereocenters. The van der Waals surface area contributed by atoms with Gasteiger partial charge >= 0.3 is 0 Å². The first-order valence-corrected chi connectivity index (χ1v) is 8.77. The fourth-order valence-electron chi connectivity index (χ4n) is 3.21. The van der Waals surface area contributed by atoms with Gasteiger partial charge in [-0.15, -0.1) is 0 Å². The van der Waals surface area contributed by atoms with Gasteiger partial charge in [0, 0.05) is 16.9 Å². The summed E-state index contributed by atoms with van der Waals surface area (Å²) >= 11 is 3.59. The Morgan fingerprint density at radius 1 is 1.21 bits per heavy atom. The Labute approximate surface area is 121 Å². The first-order chi connectivity index (χ1) is 8.98. The van der Waals surface area contributed by atoms with E-state index in [-0.39, 0.29) is 17.0 Å². The highest BCUT2D eigenvalue weighted by atomic mass is 79.9. The highest BCUT2D eigenvalue weighted by molar-refractivity contribution is 9.09. The molecule has 0 amide bonds. The van der Waals surface area contributed by atoms with Crippen molar-refractivity contribution in [3.05, 3.63) is 30.1 Å². The van der Waals surface area contributed by atoms with Crippen LogP contribution >= 0.6 is 15.9 Å². The van der Waals surface area contributed by atoms with Crippen LogP contribution in [0.5, 0.6) is 0 Å². The third-order valence-corrected chi connectivity index (χ3v) is 6.73. The van der Waals surface area contributed by atoms with Crippen LogP contribution in [0.15, 0.2) is 29.2 Å². The molecule has 19 heavy (non-hydrogen) atoms. The first kappa shape index (κ1) is 13.5. The molecule has 0 aromatic heterocycles. The average Bonchev–Trinajstić information content (AvgIpc) is 2.63. The van der Waals surface area contributed by atoms with Gasteiger partial charge in [0.2, 0.25) is 10.0 Å². The number of hydrogen-bond donors (Lipinski definition) is 0. The van der Waals surface area contributed by atoms with E-state index in [4.69, 9.17) is 0 Å². The van der Waals surface area contributed by atoms with Crippen LogP contribution in [0.25, 0.3) is 0 Å². The quantitative estimate of drug-likeness (QED) is 0.771. The van der Waals surface area contributed by atoms with Crippen molar-refractivity contribution in [3.8, 4) is 0 Å². The van der Waals surface area contributed by atoms with E-state index in [1.54, 1.807) is 4.31 Å². The maximum absolute atomic E-state index is 13.2. The summed E-state index contributed by atoms with van der Waals surface area (Å²) in [5.41, 5.74) is 0. The lowest BCUT2D eigenvalue weighted by atomic mass is 10.1. The molecular weight excluding hydrogens is 333 g/mol. The topological polar surface area (TPSA) is 37.4 Å². The van der Waals surface area contributed by atoms with Crippen molar-refractivity contribution in [1.82, 2.24) is 4.31 Å². The van der Waals surface area contributed by atoms with Gasteiger partial charge in [0.1, 0.15) is 5.82 Å². The van der Waals surface area contributed by atoms with Gasteiger partial charge in [0.15, 0.2) is 0 Å². The zero-order valence-electron chi connectivity index (χ0n) is 10.3. The maximum atomic E-state index is 13.2. The number of hydrogen-bond acceptors (Lipinski definition) is 2. The van der Waals surface area contributed by atoms with Gasteiger partial charge in [-0.1, -0.05) is 22.0 Å². The molecule has 1 aromatic carbocycles. The van der Waals surface area contributed by atoms with Crippen LogP contribution in [0.4, 0.5) is 4.39 Å². The molecule has 0 aliphatic carbocycles. The van der Waals surface area contributed by atoms with Crippen LogP contribution in [0, 0.1) is 5.82 Å². The van der Waals surface area contributed by atoms with Gasteiger partial charge < -0.3 is 0 Å². The summed E-state index contributed by atoms with van der Waals surface area (Å²) in [5, 5.41) is 0. The molecule has 1 aromatic rings. The molecule has 2 heterocycles. The van der Waals surface area contributed by atoms with Gasteiger partial charge in [-0.3, -0.25) is 0 Å². The van der Waals surface area contributed by atoms with E-state index in [1.165, 1.54) is 18.2 Å². The van der Waals surface area contributed by atoms with Crippen molar-refractivity contribution in [1.29, 1.82) is 0 Å². The molecule has 2 fully saturated rings. The Morgan fingerprint density at radius 3 is 2.42 bits per heavy atom. The monoisotopic (exact) mass is 347 g/mol. The lowest BCUT2D eigenvalue weighted by Gasteiger charge is -2.36. The lowest BCUT2D eigenvalue weighted by Crippen LogP contribution is -2.46. The third-order valence-electron chi connectivity index (χ3n) is 3.98. The van der Waals surface area contributed by atoms with Crippen LogP contribution in [0.3, 0.4) is 0 Å². The Hall–Kier alpha value is -0.460. The number of sulfonamides is 1. The molecule has 104 valence electrons. The molecular formula is C13H15BrFNO2S. The second-order valence-corrected chi connectivity index (χ2v) is 8.38. The maximum Gasteiger partial charge on any atom is 0.243 e. The number of alkyl halides is 1. The van der Waals surface area contributed by atoms with Crippen molar-refractivity contribution in [3.63, 3.8) is 0 Å². The summed E-state index contributed by atoms with van der Waals surface area (Å²) in [6.07, 6.45) is 3.48. The summed E-state index contributed by atoms with van der Waals surface area (Å²) in [6, 6.07) is 5.39. The van der Waals surface area contributed by atoms with E-state index in [0.29, 0.717) is 4.83 Å². The van der Waals surface area contributed by atoms with Gasteiger partial charge in [-0.25, -0.2) is 12.8 Å². The molecule has 3 nitrogen and oxygen atoms in total. The molecule has 2 aliphatic heterocycles. The van der Waals surface area contributed by atoms with E-state index < -0.39 is 15.8 Å². The minimum absolute atomic E-state index is 0.0522. The SMILES string of the molecule is O=S(=O)(c1cccc(F)c1)N1C2CCC1CC(Br)C2. The molecule has 2 saturated heterocycles. The zero-order chi connectivity index (χ0) is 13.6. The molecule has 0 spiro atoms. The van der Waals surface area contributed by atoms with E-state index >= 15 is 0 Å². The minimum Gasteiger partial charge on any atom is -0.207 e. The lowest BCUT2D eigenvalue weighted by molar-refractivity contribution is 0.255. The summed E-state index contributed by atoms with van der Waals surface area (Å²) in [6.45, 7) is 0. The van der Waals surface area contributed by atoms with E-state index in [1.807, 2.05) is 0 Å².